The van der Waals surface area contributed by atoms with Crippen molar-refractivity contribution in [2.24, 2.45) is 0 Å². The van der Waals surface area contributed by atoms with E-state index in [2.05, 4.69) is 15.6 Å². The van der Waals surface area contributed by atoms with Crippen molar-refractivity contribution in [3.8, 4) is 16.9 Å². The molecule has 1 heterocycles. The van der Waals surface area contributed by atoms with Gasteiger partial charge in [0.1, 0.15) is 5.69 Å². The molecule has 0 radical (unpaired) electrons. The highest BCUT2D eigenvalue weighted by Crippen LogP contribution is 2.25. The van der Waals surface area contributed by atoms with Gasteiger partial charge in [0.25, 0.3) is 0 Å². The Balaban J connectivity index is 1.74. The first-order valence-corrected chi connectivity index (χ1v) is 9.59. The normalized spacial score (nSPS) is 11.0. The maximum absolute atomic E-state index is 12.4. The molecule has 0 bridgehead atoms. The molecule has 6 heteroatoms. The molecule has 0 aliphatic carbocycles. The maximum atomic E-state index is 12.4. The number of nitrogens with one attached hydrogen (secondary N) is 1. The summed E-state index contributed by atoms with van der Waals surface area (Å²) in [6, 6.07) is 19.7. The minimum Gasteiger partial charge on any atom is -0.379 e. The SMILES string of the molecule is CC(C)OCCCNC(=O)Cc1nnn(-c2ccccc2)c1-c1ccccc1. The first-order valence-electron chi connectivity index (χ1n) is 9.59. The van der Waals surface area contributed by atoms with Crippen molar-refractivity contribution in [2.75, 3.05) is 13.2 Å². The number of para-hydroxylation sites is 1. The summed E-state index contributed by atoms with van der Waals surface area (Å²) in [6.45, 7) is 5.22. The number of rotatable bonds is 9. The summed E-state index contributed by atoms with van der Waals surface area (Å²) in [7, 11) is 0. The van der Waals surface area contributed by atoms with Crippen molar-refractivity contribution < 1.29 is 9.53 Å². The number of hydrogen-bond acceptors (Lipinski definition) is 4. The number of carbonyl (C=O) groups is 1. The fraction of sp³-hybridized carbons (Fsp3) is 0.318. The molecule has 6 nitrogen and oxygen atoms in total. The Bertz CT molecular complexity index is 876. The van der Waals surface area contributed by atoms with E-state index >= 15 is 0 Å². The fourth-order valence-corrected chi connectivity index (χ4v) is 2.90. The first kappa shape index (κ1) is 19.8. The van der Waals surface area contributed by atoms with Gasteiger partial charge in [0.2, 0.25) is 5.91 Å². The van der Waals surface area contributed by atoms with Crippen molar-refractivity contribution in [3.63, 3.8) is 0 Å². The Morgan fingerprint density at radius 1 is 1.07 bits per heavy atom. The Labute approximate surface area is 165 Å². The van der Waals surface area contributed by atoms with Crippen LogP contribution in [-0.2, 0) is 16.0 Å². The molecule has 2 aromatic carbocycles. The Morgan fingerprint density at radius 3 is 2.43 bits per heavy atom. The lowest BCUT2D eigenvalue weighted by atomic mass is 10.1. The van der Waals surface area contributed by atoms with Gasteiger partial charge in [-0.2, -0.15) is 0 Å². The zero-order valence-corrected chi connectivity index (χ0v) is 16.3. The van der Waals surface area contributed by atoms with Crippen molar-refractivity contribution >= 4 is 5.91 Å². The van der Waals surface area contributed by atoms with Crippen LogP contribution in [0.2, 0.25) is 0 Å². The van der Waals surface area contributed by atoms with Gasteiger partial charge >= 0.3 is 0 Å². The second-order valence-electron chi connectivity index (χ2n) is 6.80. The second-order valence-corrected chi connectivity index (χ2v) is 6.80. The Hall–Kier alpha value is -2.99. The van der Waals surface area contributed by atoms with Crippen LogP contribution in [0.4, 0.5) is 0 Å². The van der Waals surface area contributed by atoms with E-state index in [4.69, 9.17) is 4.74 Å². The van der Waals surface area contributed by atoms with Gasteiger partial charge in [-0.3, -0.25) is 4.79 Å². The summed E-state index contributed by atoms with van der Waals surface area (Å²) in [5.74, 6) is -0.0677. The molecule has 0 aliphatic rings. The third kappa shape index (κ3) is 5.27. The molecule has 0 saturated heterocycles. The number of nitrogens with zero attached hydrogens (tertiary/aromatic N) is 3. The molecule has 28 heavy (non-hydrogen) atoms. The topological polar surface area (TPSA) is 69.0 Å². The summed E-state index contributed by atoms with van der Waals surface area (Å²) in [5, 5.41) is 11.6. The average Bonchev–Trinajstić information content (AvgIpc) is 3.12. The number of hydrogen-bond donors (Lipinski definition) is 1. The van der Waals surface area contributed by atoms with Crippen molar-refractivity contribution in [2.45, 2.75) is 32.8 Å². The monoisotopic (exact) mass is 378 g/mol. The first-order chi connectivity index (χ1) is 13.6. The van der Waals surface area contributed by atoms with Gasteiger partial charge in [-0.15, -0.1) is 5.10 Å². The van der Waals surface area contributed by atoms with Crippen molar-refractivity contribution in [3.05, 3.63) is 66.4 Å². The number of carbonyl (C=O) groups excluding carboxylic acids is 1. The fourth-order valence-electron chi connectivity index (χ4n) is 2.90. The van der Waals surface area contributed by atoms with Crippen LogP contribution in [0.15, 0.2) is 60.7 Å². The quantitative estimate of drug-likeness (QED) is 0.580. The van der Waals surface area contributed by atoms with Gasteiger partial charge in [0.05, 0.1) is 23.9 Å². The Kier molecular flexibility index (Phi) is 6.92. The van der Waals surface area contributed by atoms with Gasteiger partial charge in [-0.05, 0) is 32.4 Å². The highest BCUT2D eigenvalue weighted by molar-refractivity contribution is 5.80. The molecule has 3 aromatic rings. The van der Waals surface area contributed by atoms with Gasteiger partial charge in [-0.25, -0.2) is 4.68 Å². The van der Waals surface area contributed by atoms with E-state index in [1.165, 1.54) is 0 Å². The molecule has 1 N–H and O–H groups in total. The summed E-state index contributed by atoms with van der Waals surface area (Å²) in [5.41, 5.74) is 3.38. The molecular weight excluding hydrogens is 352 g/mol. The van der Waals surface area contributed by atoms with E-state index in [1.54, 1.807) is 4.68 Å². The summed E-state index contributed by atoms with van der Waals surface area (Å²) in [6.07, 6.45) is 1.17. The zero-order chi connectivity index (χ0) is 19.8. The van der Waals surface area contributed by atoms with Gasteiger partial charge in [0.15, 0.2) is 0 Å². The number of benzene rings is 2. The van der Waals surface area contributed by atoms with E-state index in [9.17, 15) is 4.79 Å². The highest BCUT2D eigenvalue weighted by Gasteiger charge is 2.18. The molecular formula is C22H26N4O2. The van der Waals surface area contributed by atoms with Crippen LogP contribution in [-0.4, -0.2) is 40.2 Å². The predicted octanol–water partition coefficient (Wildman–Crippen LogP) is 3.41. The molecule has 0 fully saturated rings. The number of aromatic nitrogens is 3. The lowest BCUT2D eigenvalue weighted by Gasteiger charge is -2.09. The second kappa shape index (κ2) is 9.80. The van der Waals surface area contributed by atoms with Gasteiger partial charge in [0, 0.05) is 18.7 Å². The van der Waals surface area contributed by atoms with E-state index in [1.807, 2.05) is 74.5 Å². The smallest absolute Gasteiger partial charge is 0.226 e. The van der Waals surface area contributed by atoms with E-state index in [-0.39, 0.29) is 18.4 Å². The molecule has 0 aliphatic heterocycles. The molecule has 1 amide bonds. The maximum Gasteiger partial charge on any atom is 0.226 e. The number of ether oxygens (including phenoxy) is 1. The third-order valence-corrected chi connectivity index (χ3v) is 4.21. The van der Waals surface area contributed by atoms with Crippen LogP contribution >= 0.6 is 0 Å². The van der Waals surface area contributed by atoms with Crippen LogP contribution in [0.25, 0.3) is 16.9 Å². The van der Waals surface area contributed by atoms with E-state index < -0.39 is 0 Å². The highest BCUT2D eigenvalue weighted by atomic mass is 16.5. The molecule has 0 atom stereocenters. The third-order valence-electron chi connectivity index (χ3n) is 4.21. The van der Waals surface area contributed by atoms with Crippen LogP contribution < -0.4 is 5.32 Å². The summed E-state index contributed by atoms with van der Waals surface area (Å²) in [4.78, 5) is 12.4. The summed E-state index contributed by atoms with van der Waals surface area (Å²) >= 11 is 0. The van der Waals surface area contributed by atoms with Crippen molar-refractivity contribution in [1.82, 2.24) is 20.3 Å². The van der Waals surface area contributed by atoms with Crippen LogP contribution in [0.5, 0.6) is 0 Å². The zero-order valence-electron chi connectivity index (χ0n) is 16.3. The lowest BCUT2D eigenvalue weighted by molar-refractivity contribution is -0.120. The molecule has 0 spiro atoms. The Morgan fingerprint density at radius 2 is 1.75 bits per heavy atom. The lowest BCUT2D eigenvalue weighted by Crippen LogP contribution is -2.27. The average molecular weight is 378 g/mol. The molecule has 0 saturated carbocycles. The van der Waals surface area contributed by atoms with Crippen LogP contribution in [0.1, 0.15) is 26.0 Å². The van der Waals surface area contributed by atoms with Crippen molar-refractivity contribution in [1.29, 1.82) is 0 Å². The van der Waals surface area contributed by atoms with Crippen LogP contribution in [0, 0.1) is 0 Å². The molecule has 1 aromatic heterocycles. The van der Waals surface area contributed by atoms with Crippen LogP contribution in [0.3, 0.4) is 0 Å². The summed E-state index contributed by atoms with van der Waals surface area (Å²) < 4.78 is 7.28. The van der Waals surface area contributed by atoms with E-state index in [0.717, 1.165) is 23.4 Å². The minimum absolute atomic E-state index is 0.0677. The minimum atomic E-state index is -0.0677. The molecule has 146 valence electrons. The standard InChI is InChI=1S/C22H26N4O2/c1-17(2)28-15-9-14-23-21(27)16-20-22(18-10-5-3-6-11-18)26(25-24-20)19-12-7-4-8-13-19/h3-8,10-13,17H,9,14-16H2,1-2H3,(H,23,27). The number of amides is 1. The van der Waals surface area contributed by atoms with Gasteiger partial charge in [-0.1, -0.05) is 53.7 Å². The molecule has 3 rings (SSSR count). The largest absolute Gasteiger partial charge is 0.379 e. The van der Waals surface area contributed by atoms with E-state index in [0.29, 0.717) is 18.8 Å². The predicted molar refractivity (Wildman–Crippen MR) is 109 cm³/mol. The molecule has 0 unspecified atom stereocenters. The van der Waals surface area contributed by atoms with Gasteiger partial charge < -0.3 is 10.1 Å².